The van der Waals surface area contributed by atoms with Gasteiger partial charge in [0.25, 0.3) is 0 Å². The molecule has 0 spiro atoms. The number of aromatic nitrogens is 1. The zero-order valence-corrected chi connectivity index (χ0v) is 15.1. The van der Waals surface area contributed by atoms with Gasteiger partial charge >= 0.3 is 6.03 Å². The molecule has 2 aromatic rings. The van der Waals surface area contributed by atoms with Gasteiger partial charge in [0.15, 0.2) is 0 Å². The number of nitrogens with zero attached hydrogens (tertiary/aromatic N) is 1. The minimum absolute atomic E-state index is 0.0383. The lowest BCUT2D eigenvalue weighted by Gasteiger charge is -2.30. The van der Waals surface area contributed by atoms with E-state index in [4.69, 9.17) is 5.11 Å². The van der Waals surface area contributed by atoms with Gasteiger partial charge in [0.05, 0.1) is 0 Å². The normalized spacial score (nSPS) is 11.5. The van der Waals surface area contributed by atoms with Crippen LogP contribution in [0.15, 0.2) is 35.1 Å². The summed E-state index contributed by atoms with van der Waals surface area (Å²) in [5.74, 6) is 0. The molecule has 6 heteroatoms. The average Bonchev–Trinajstić information content (AvgIpc) is 2.55. The summed E-state index contributed by atoms with van der Waals surface area (Å²) in [5, 5.41) is 12.9. The Labute approximate surface area is 147 Å². The molecule has 0 aliphatic carbocycles. The first kappa shape index (κ1) is 19.0. The number of H-pyrrole nitrogens is 1. The van der Waals surface area contributed by atoms with E-state index in [0.717, 1.165) is 16.5 Å². The van der Waals surface area contributed by atoms with Crippen molar-refractivity contribution < 1.29 is 9.90 Å². The number of aromatic amines is 1. The Morgan fingerprint density at radius 3 is 2.68 bits per heavy atom. The lowest BCUT2D eigenvalue weighted by molar-refractivity contribution is 0.164. The van der Waals surface area contributed by atoms with Gasteiger partial charge in [-0.3, -0.25) is 4.79 Å². The van der Waals surface area contributed by atoms with Crippen LogP contribution in [0.1, 0.15) is 32.8 Å². The van der Waals surface area contributed by atoms with E-state index in [1.807, 2.05) is 24.3 Å². The fourth-order valence-corrected chi connectivity index (χ4v) is 2.79. The molecule has 2 amide bonds. The number of amides is 2. The highest BCUT2D eigenvalue weighted by molar-refractivity contribution is 5.82. The first-order valence-corrected chi connectivity index (χ1v) is 8.55. The number of nitrogens with one attached hydrogen (secondary N) is 2. The van der Waals surface area contributed by atoms with E-state index in [0.29, 0.717) is 19.5 Å². The molecule has 0 aliphatic rings. The maximum absolute atomic E-state index is 12.6. The van der Waals surface area contributed by atoms with Crippen LogP contribution in [0.5, 0.6) is 0 Å². The predicted octanol–water partition coefficient (Wildman–Crippen LogP) is 2.47. The van der Waals surface area contributed by atoms with Gasteiger partial charge in [-0.15, -0.1) is 0 Å². The van der Waals surface area contributed by atoms with Crippen molar-refractivity contribution in [2.45, 2.75) is 33.7 Å². The Balaban J connectivity index is 2.13. The molecular weight excluding hydrogens is 318 g/mol. The second-order valence-corrected chi connectivity index (χ2v) is 7.42. The van der Waals surface area contributed by atoms with Crippen LogP contribution in [0.3, 0.4) is 0 Å². The summed E-state index contributed by atoms with van der Waals surface area (Å²) in [4.78, 5) is 28.9. The quantitative estimate of drug-likeness (QED) is 0.752. The number of pyridine rings is 1. The summed E-state index contributed by atoms with van der Waals surface area (Å²) in [5.41, 5.74) is 1.31. The van der Waals surface area contributed by atoms with E-state index in [1.165, 1.54) is 6.07 Å². The van der Waals surface area contributed by atoms with Crippen LogP contribution in [-0.4, -0.2) is 40.7 Å². The third-order valence-corrected chi connectivity index (χ3v) is 3.80. The number of urea groups is 1. The van der Waals surface area contributed by atoms with Gasteiger partial charge in [0.2, 0.25) is 5.56 Å². The number of carbonyl (C=O) groups excluding carboxylic acids is 1. The van der Waals surface area contributed by atoms with Crippen molar-refractivity contribution >= 4 is 16.9 Å². The molecule has 6 nitrogen and oxygen atoms in total. The molecule has 0 unspecified atom stereocenters. The van der Waals surface area contributed by atoms with Crippen molar-refractivity contribution in [1.29, 1.82) is 0 Å². The van der Waals surface area contributed by atoms with E-state index in [2.05, 4.69) is 31.1 Å². The number of hydrogen-bond donors (Lipinski definition) is 3. The van der Waals surface area contributed by atoms with Gasteiger partial charge in [0.1, 0.15) is 0 Å². The van der Waals surface area contributed by atoms with Gasteiger partial charge in [-0.2, -0.15) is 0 Å². The highest BCUT2D eigenvalue weighted by atomic mass is 16.3. The Kier molecular flexibility index (Phi) is 6.20. The minimum Gasteiger partial charge on any atom is -0.396 e. The molecule has 136 valence electrons. The predicted molar refractivity (Wildman–Crippen MR) is 99.5 cm³/mol. The second kappa shape index (κ2) is 8.16. The van der Waals surface area contributed by atoms with Crippen LogP contribution >= 0.6 is 0 Å². The Morgan fingerprint density at radius 2 is 2.00 bits per heavy atom. The van der Waals surface area contributed by atoms with Crippen LogP contribution in [0.4, 0.5) is 4.79 Å². The molecular formula is C19H27N3O3. The fraction of sp³-hybridized carbons (Fsp3) is 0.474. The number of para-hydroxylation sites is 1. The highest BCUT2D eigenvalue weighted by Gasteiger charge is 2.20. The topological polar surface area (TPSA) is 85.4 Å². The lowest BCUT2D eigenvalue weighted by atomic mass is 9.96. The number of carbonyl (C=O) groups is 1. The van der Waals surface area contributed by atoms with Crippen LogP contribution in [-0.2, 0) is 6.54 Å². The summed E-state index contributed by atoms with van der Waals surface area (Å²) in [6, 6.07) is 8.86. The molecule has 0 saturated carbocycles. The lowest BCUT2D eigenvalue weighted by Crippen LogP contribution is -2.44. The van der Waals surface area contributed by atoms with E-state index >= 15 is 0 Å². The number of fused-ring (bicyclic) bond motifs is 1. The van der Waals surface area contributed by atoms with Crippen molar-refractivity contribution in [2.75, 3.05) is 19.7 Å². The Hall–Kier alpha value is -2.34. The first-order chi connectivity index (χ1) is 11.8. The Bertz CT molecular complexity index is 777. The maximum atomic E-state index is 12.6. The zero-order valence-electron chi connectivity index (χ0n) is 15.1. The molecule has 0 fully saturated rings. The molecule has 3 N–H and O–H groups in total. The summed E-state index contributed by atoms with van der Waals surface area (Å²) in [6.45, 7) is 7.61. The maximum Gasteiger partial charge on any atom is 0.317 e. The molecule has 2 rings (SSSR count). The standard InChI is InChI=1S/C19H27N3O3/c1-19(2,3)13-22(9-6-10-23)18(25)20-12-14-11-17(24)21-16-8-5-4-7-15(14)16/h4-5,7-8,11,23H,6,9-10,12-13H2,1-3H3,(H,20,25)(H,21,24). The number of aliphatic hydroxyl groups excluding tert-OH is 1. The van der Waals surface area contributed by atoms with Gasteiger partial charge in [-0.05, 0) is 23.5 Å². The highest BCUT2D eigenvalue weighted by Crippen LogP contribution is 2.17. The molecule has 0 saturated heterocycles. The summed E-state index contributed by atoms with van der Waals surface area (Å²) < 4.78 is 0. The van der Waals surface area contributed by atoms with Gasteiger partial charge < -0.3 is 20.3 Å². The summed E-state index contributed by atoms with van der Waals surface area (Å²) >= 11 is 0. The van der Waals surface area contributed by atoms with Crippen LogP contribution in [0.2, 0.25) is 0 Å². The van der Waals surface area contributed by atoms with Crippen LogP contribution in [0, 0.1) is 5.41 Å². The third kappa shape index (κ3) is 5.60. The van der Waals surface area contributed by atoms with Crippen molar-refractivity contribution in [3.63, 3.8) is 0 Å². The molecule has 0 aliphatic heterocycles. The van der Waals surface area contributed by atoms with E-state index in [9.17, 15) is 9.59 Å². The van der Waals surface area contributed by atoms with E-state index < -0.39 is 0 Å². The molecule has 1 aromatic carbocycles. The third-order valence-electron chi connectivity index (χ3n) is 3.80. The molecule has 0 radical (unpaired) electrons. The minimum atomic E-state index is -0.187. The summed E-state index contributed by atoms with van der Waals surface area (Å²) in [7, 11) is 0. The average molecular weight is 345 g/mol. The monoisotopic (exact) mass is 345 g/mol. The molecule has 0 bridgehead atoms. The van der Waals surface area contributed by atoms with Gasteiger partial charge in [-0.25, -0.2) is 4.79 Å². The number of aliphatic hydroxyl groups is 1. The smallest absolute Gasteiger partial charge is 0.317 e. The van der Waals surface area contributed by atoms with E-state index in [-0.39, 0.29) is 30.2 Å². The summed E-state index contributed by atoms with van der Waals surface area (Å²) in [6.07, 6.45) is 0.539. The fourth-order valence-electron chi connectivity index (χ4n) is 2.79. The molecule has 0 atom stereocenters. The van der Waals surface area contributed by atoms with Crippen molar-refractivity contribution in [2.24, 2.45) is 5.41 Å². The van der Waals surface area contributed by atoms with E-state index in [1.54, 1.807) is 4.90 Å². The number of benzene rings is 1. The largest absolute Gasteiger partial charge is 0.396 e. The van der Waals surface area contributed by atoms with Gasteiger partial charge in [-0.1, -0.05) is 39.0 Å². The van der Waals surface area contributed by atoms with Crippen molar-refractivity contribution in [1.82, 2.24) is 15.2 Å². The molecule has 1 aromatic heterocycles. The first-order valence-electron chi connectivity index (χ1n) is 8.55. The van der Waals surface area contributed by atoms with Crippen LogP contribution < -0.4 is 10.9 Å². The van der Waals surface area contributed by atoms with Crippen molar-refractivity contribution in [3.8, 4) is 0 Å². The van der Waals surface area contributed by atoms with Crippen LogP contribution in [0.25, 0.3) is 10.9 Å². The number of hydrogen-bond acceptors (Lipinski definition) is 3. The number of rotatable bonds is 6. The van der Waals surface area contributed by atoms with Crippen molar-refractivity contribution in [3.05, 3.63) is 46.2 Å². The SMILES string of the molecule is CC(C)(C)CN(CCCO)C(=O)NCc1cc(=O)[nH]c2ccccc12. The molecule has 1 heterocycles. The zero-order chi connectivity index (χ0) is 18.4. The second-order valence-electron chi connectivity index (χ2n) is 7.42. The Morgan fingerprint density at radius 1 is 1.28 bits per heavy atom. The van der Waals surface area contributed by atoms with Gasteiger partial charge in [0, 0.05) is 43.2 Å². The molecule has 25 heavy (non-hydrogen) atoms.